The zero-order valence-electron chi connectivity index (χ0n) is 11.3. The van der Waals surface area contributed by atoms with Crippen LogP contribution < -0.4 is 9.47 Å². The summed E-state index contributed by atoms with van der Waals surface area (Å²) in [7, 11) is 1.56. The minimum atomic E-state index is -0.829. The van der Waals surface area contributed by atoms with Gasteiger partial charge in [-0.1, -0.05) is 12.1 Å². The van der Waals surface area contributed by atoms with Gasteiger partial charge in [-0.25, -0.2) is 4.79 Å². The van der Waals surface area contributed by atoms with Crippen LogP contribution in [0.15, 0.2) is 53.7 Å². The average Bonchev–Trinajstić information content (AvgIpc) is 2.54. The third kappa shape index (κ3) is 4.31. The Morgan fingerprint density at radius 2 is 1.86 bits per heavy atom. The largest absolute Gasteiger partial charge is 0.514 e. The predicted molar refractivity (Wildman–Crippen MR) is 75.7 cm³/mol. The summed E-state index contributed by atoms with van der Waals surface area (Å²) in [4.78, 5) is 21.8. The van der Waals surface area contributed by atoms with Crippen molar-refractivity contribution >= 4 is 11.8 Å². The maximum atomic E-state index is 11.5. The van der Waals surface area contributed by atoms with Gasteiger partial charge in [-0.05, 0) is 47.1 Å². The Bertz CT molecular complexity index is 624. The molecule has 0 aromatic heterocycles. The number of carbonyl (C=O) groups excluding carboxylic acids is 1. The van der Waals surface area contributed by atoms with Crippen LogP contribution in [0.3, 0.4) is 0 Å². The number of nitroso groups, excluding NO2 is 1. The van der Waals surface area contributed by atoms with Gasteiger partial charge >= 0.3 is 6.16 Å². The lowest BCUT2D eigenvalue weighted by Gasteiger charge is -2.07. The standard InChI is InChI=1S/C15H13NO5/c1-19-14-4-2-3-11(9-14)10-20-15(17)21-13-7-5-12(16-18)6-8-13/h2-9H,10H2,1H3. The van der Waals surface area contributed by atoms with Gasteiger partial charge in [0.1, 0.15) is 23.8 Å². The van der Waals surface area contributed by atoms with E-state index in [1.165, 1.54) is 24.3 Å². The van der Waals surface area contributed by atoms with Crippen molar-refractivity contribution in [1.29, 1.82) is 0 Å². The maximum absolute atomic E-state index is 11.5. The number of nitrogens with zero attached hydrogens (tertiary/aromatic N) is 1. The third-order valence-electron chi connectivity index (χ3n) is 2.63. The molecule has 0 aliphatic rings. The van der Waals surface area contributed by atoms with E-state index in [4.69, 9.17) is 14.2 Å². The van der Waals surface area contributed by atoms with Crippen LogP contribution in [0, 0.1) is 4.91 Å². The van der Waals surface area contributed by atoms with E-state index in [-0.39, 0.29) is 18.0 Å². The highest BCUT2D eigenvalue weighted by atomic mass is 16.7. The smallest absolute Gasteiger partial charge is 0.497 e. The van der Waals surface area contributed by atoms with Crippen LogP contribution in [-0.2, 0) is 11.3 Å². The summed E-state index contributed by atoms with van der Waals surface area (Å²) >= 11 is 0. The second kappa shape index (κ2) is 7.04. The third-order valence-corrected chi connectivity index (χ3v) is 2.63. The van der Waals surface area contributed by atoms with Crippen molar-refractivity contribution in [1.82, 2.24) is 0 Å². The molecule has 0 aliphatic carbocycles. The van der Waals surface area contributed by atoms with E-state index >= 15 is 0 Å². The molecule has 0 aliphatic heterocycles. The molecule has 0 saturated heterocycles. The first kappa shape index (κ1) is 14.5. The van der Waals surface area contributed by atoms with E-state index in [2.05, 4.69) is 5.18 Å². The summed E-state index contributed by atoms with van der Waals surface area (Å²) in [6.45, 7) is 0.0734. The number of carbonyl (C=O) groups is 1. The van der Waals surface area contributed by atoms with E-state index in [0.717, 1.165) is 5.56 Å². The van der Waals surface area contributed by atoms with Gasteiger partial charge < -0.3 is 14.2 Å². The van der Waals surface area contributed by atoms with Gasteiger partial charge in [0.2, 0.25) is 0 Å². The summed E-state index contributed by atoms with van der Waals surface area (Å²) in [5.74, 6) is 0.958. The highest BCUT2D eigenvalue weighted by molar-refractivity contribution is 5.64. The van der Waals surface area contributed by atoms with E-state index in [9.17, 15) is 9.70 Å². The van der Waals surface area contributed by atoms with Gasteiger partial charge in [0, 0.05) is 0 Å². The van der Waals surface area contributed by atoms with Crippen molar-refractivity contribution in [3.8, 4) is 11.5 Å². The molecule has 0 spiro atoms. The first-order valence-electron chi connectivity index (χ1n) is 6.12. The quantitative estimate of drug-likeness (QED) is 0.475. The summed E-state index contributed by atoms with van der Waals surface area (Å²) in [5.41, 5.74) is 1.04. The molecule has 0 unspecified atom stereocenters. The molecule has 6 nitrogen and oxygen atoms in total. The summed E-state index contributed by atoms with van der Waals surface area (Å²) in [5, 5.41) is 2.75. The summed E-state index contributed by atoms with van der Waals surface area (Å²) < 4.78 is 15.0. The van der Waals surface area contributed by atoms with Crippen molar-refractivity contribution in [3.05, 3.63) is 59.0 Å². The maximum Gasteiger partial charge on any atom is 0.514 e. The van der Waals surface area contributed by atoms with Crippen LogP contribution in [0.2, 0.25) is 0 Å². The molecule has 6 heteroatoms. The highest BCUT2D eigenvalue weighted by Gasteiger charge is 2.07. The number of hydrogen-bond acceptors (Lipinski definition) is 6. The number of benzene rings is 2. The molecule has 0 heterocycles. The lowest BCUT2D eigenvalue weighted by atomic mass is 10.2. The molecule has 21 heavy (non-hydrogen) atoms. The Kier molecular flexibility index (Phi) is 4.87. The Morgan fingerprint density at radius 1 is 1.10 bits per heavy atom. The molecule has 0 saturated carbocycles. The minimum Gasteiger partial charge on any atom is -0.497 e. The molecule has 0 atom stereocenters. The van der Waals surface area contributed by atoms with Crippen LogP contribution >= 0.6 is 0 Å². The first-order chi connectivity index (χ1) is 10.2. The monoisotopic (exact) mass is 287 g/mol. The van der Waals surface area contributed by atoms with Crippen LogP contribution in [0.4, 0.5) is 10.5 Å². The van der Waals surface area contributed by atoms with Crippen molar-refractivity contribution in [2.45, 2.75) is 6.61 Å². The van der Waals surface area contributed by atoms with Gasteiger partial charge in [0.25, 0.3) is 0 Å². The van der Waals surface area contributed by atoms with Gasteiger partial charge in [-0.2, -0.15) is 0 Å². The van der Waals surface area contributed by atoms with Gasteiger partial charge in [-0.3, -0.25) is 0 Å². The van der Waals surface area contributed by atoms with Crippen LogP contribution in [0.5, 0.6) is 11.5 Å². The Balaban J connectivity index is 1.87. The predicted octanol–water partition coefficient (Wildman–Crippen LogP) is 3.81. The molecule has 108 valence electrons. The van der Waals surface area contributed by atoms with Crippen molar-refractivity contribution in [3.63, 3.8) is 0 Å². The van der Waals surface area contributed by atoms with Crippen LogP contribution in [0.25, 0.3) is 0 Å². The molecule has 0 radical (unpaired) electrons. The van der Waals surface area contributed by atoms with E-state index in [1.54, 1.807) is 31.4 Å². The highest BCUT2D eigenvalue weighted by Crippen LogP contribution is 2.18. The summed E-state index contributed by atoms with van der Waals surface area (Å²) in [6.07, 6.45) is -0.829. The molecular weight excluding hydrogens is 274 g/mol. The number of methoxy groups -OCH3 is 1. The molecule has 2 rings (SSSR count). The molecule has 0 amide bonds. The molecule has 0 N–H and O–H groups in total. The SMILES string of the molecule is COc1cccc(COC(=O)Oc2ccc(N=O)cc2)c1. The molecular formula is C15H13NO5. The second-order valence-corrected chi connectivity index (χ2v) is 4.08. The first-order valence-corrected chi connectivity index (χ1v) is 6.12. The van der Waals surface area contributed by atoms with Gasteiger partial charge in [-0.15, -0.1) is 4.91 Å². The normalized spacial score (nSPS) is 9.76. The zero-order chi connectivity index (χ0) is 15.1. The topological polar surface area (TPSA) is 74.2 Å². The van der Waals surface area contributed by atoms with Crippen molar-refractivity contribution < 1.29 is 19.0 Å². The second-order valence-electron chi connectivity index (χ2n) is 4.08. The Morgan fingerprint density at radius 3 is 2.52 bits per heavy atom. The zero-order valence-corrected chi connectivity index (χ0v) is 11.3. The fraction of sp³-hybridized carbons (Fsp3) is 0.133. The number of rotatable bonds is 5. The number of ether oxygens (including phenoxy) is 3. The Hall–Kier alpha value is -2.89. The van der Waals surface area contributed by atoms with Gasteiger partial charge in [0.05, 0.1) is 7.11 Å². The molecule has 2 aromatic rings. The summed E-state index contributed by atoms with van der Waals surface area (Å²) in [6, 6.07) is 13.0. The minimum absolute atomic E-state index is 0.0734. The average molecular weight is 287 g/mol. The molecule has 0 fully saturated rings. The fourth-order valence-electron chi connectivity index (χ4n) is 1.61. The fourth-order valence-corrected chi connectivity index (χ4v) is 1.61. The van der Waals surface area contributed by atoms with E-state index in [1.807, 2.05) is 0 Å². The molecule has 0 bridgehead atoms. The Labute approximate surface area is 121 Å². The van der Waals surface area contributed by atoms with Crippen LogP contribution in [0.1, 0.15) is 5.56 Å². The van der Waals surface area contributed by atoms with Gasteiger partial charge in [0.15, 0.2) is 0 Å². The molecule has 2 aromatic carbocycles. The van der Waals surface area contributed by atoms with E-state index < -0.39 is 6.16 Å². The van der Waals surface area contributed by atoms with Crippen molar-refractivity contribution in [2.24, 2.45) is 5.18 Å². The lowest BCUT2D eigenvalue weighted by molar-refractivity contribution is 0.0927. The lowest BCUT2D eigenvalue weighted by Crippen LogP contribution is -2.10. The van der Waals surface area contributed by atoms with Crippen LogP contribution in [-0.4, -0.2) is 13.3 Å². The van der Waals surface area contributed by atoms with Crippen molar-refractivity contribution in [2.75, 3.05) is 7.11 Å². The van der Waals surface area contributed by atoms with E-state index in [0.29, 0.717) is 5.75 Å². The number of hydrogen-bond donors (Lipinski definition) is 0.